The highest BCUT2D eigenvalue weighted by molar-refractivity contribution is 5.92. The summed E-state index contributed by atoms with van der Waals surface area (Å²) in [6, 6.07) is 16.7. The van der Waals surface area contributed by atoms with Crippen LogP contribution >= 0.6 is 0 Å². The Kier molecular flexibility index (Phi) is 11.5. The number of amides is 2. The zero-order valence-electron chi connectivity index (χ0n) is 25.2. The quantitative estimate of drug-likeness (QED) is 0.135. The van der Waals surface area contributed by atoms with Crippen LogP contribution in [0, 0.1) is 0 Å². The topological polar surface area (TPSA) is 147 Å². The molecule has 240 valence electrons. The van der Waals surface area contributed by atoms with Crippen molar-refractivity contribution in [3.8, 4) is 16.9 Å². The number of nitrogens with zero attached hydrogens (tertiary/aromatic N) is 4. The first-order valence-electron chi connectivity index (χ1n) is 14.0. The number of urea groups is 1. The minimum Gasteiger partial charge on any atom is -0.475 e. The Labute approximate surface area is 257 Å². The van der Waals surface area contributed by atoms with Gasteiger partial charge in [0.05, 0.1) is 17.9 Å². The monoisotopic (exact) mass is 629 g/mol. The van der Waals surface area contributed by atoms with Crippen LogP contribution in [-0.4, -0.2) is 68.1 Å². The van der Waals surface area contributed by atoms with Gasteiger partial charge < -0.3 is 29.7 Å². The molecule has 0 bridgehead atoms. The number of benzene rings is 2. The van der Waals surface area contributed by atoms with Crippen molar-refractivity contribution in [2.45, 2.75) is 52.3 Å². The van der Waals surface area contributed by atoms with Gasteiger partial charge in [-0.2, -0.15) is 13.2 Å². The van der Waals surface area contributed by atoms with E-state index < -0.39 is 18.3 Å². The Hall–Kier alpha value is -5.14. The molecule has 0 saturated carbocycles. The van der Waals surface area contributed by atoms with E-state index in [9.17, 15) is 22.8 Å². The van der Waals surface area contributed by atoms with Crippen LogP contribution < -0.4 is 10.1 Å². The number of hydrogen-bond acceptors (Lipinski definition) is 6. The largest absolute Gasteiger partial charge is 0.511 e. The van der Waals surface area contributed by atoms with E-state index in [0.29, 0.717) is 30.0 Å². The Morgan fingerprint density at radius 3 is 2.20 bits per heavy atom. The van der Waals surface area contributed by atoms with Gasteiger partial charge in [-0.05, 0) is 36.1 Å². The molecular formula is C31H34F3N5O6. The zero-order chi connectivity index (χ0) is 33.3. The number of hydrogen-bond donors (Lipinski definition) is 3. The minimum atomic E-state index is -5.08. The molecule has 0 aliphatic rings. The van der Waals surface area contributed by atoms with Crippen molar-refractivity contribution in [2.24, 2.45) is 0 Å². The van der Waals surface area contributed by atoms with E-state index in [2.05, 4.69) is 16.8 Å². The van der Waals surface area contributed by atoms with Crippen LogP contribution in [0.1, 0.15) is 43.8 Å². The van der Waals surface area contributed by atoms with Gasteiger partial charge in [0.2, 0.25) is 0 Å². The number of imidazole rings is 1. The SMILES string of the molecule is CCCCc1nc2cc(NC(=O)N(C)C)c(CC)nc2n1Cc1ccc(-c2ccccc2OC(=O)O)cc1.O=C(O)C(F)(F)F. The van der Waals surface area contributed by atoms with Crippen molar-refractivity contribution >= 4 is 35.0 Å². The maximum absolute atomic E-state index is 12.3. The molecule has 0 saturated heterocycles. The fraction of sp³-hybridized carbons (Fsp3) is 0.323. The molecule has 0 spiro atoms. The number of aryl methyl sites for hydroxylation is 2. The molecule has 0 aliphatic carbocycles. The number of pyridine rings is 1. The lowest BCUT2D eigenvalue weighted by Crippen LogP contribution is -2.28. The highest BCUT2D eigenvalue weighted by Crippen LogP contribution is 2.31. The summed E-state index contributed by atoms with van der Waals surface area (Å²) in [5.74, 6) is -1.51. The molecule has 2 aromatic carbocycles. The summed E-state index contributed by atoms with van der Waals surface area (Å²) in [7, 11) is 3.40. The molecule has 4 rings (SSSR count). The first-order chi connectivity index (χ1) is 21.2. The van der Waals surface area contributed by atoms with Gasteiger partial charge in [-0.25, -0.2) is 24.4 Å². The summed E-state index contributed by atoms with van der Waals surface area (Å²) in [6.07, 6.45) is -2.88. The second-order valence-corrected chi connectivity index (χ2v) is 10.1. The molecule has 0 unspecified atom stereocenters. The number of para-hydroxylation sites is 1. The minimum absolute atomic E-state index is 0.207. The molecular weight excluding hydrogens is 595 g/mol. The molecule has 0 radical (unpaired) electrons. The molecule has 2 amide bonds. The number of rotatable bonds is 9. The molecule has 4 aromatic rings. The third kappa shape index (κ3) is 9.17. The van der Waals surface area contributed by atoms with Gasteiger partial charge in [0.1, 0.15) is 17.1 Å². The number of carbonyl (C=O) groups excluding carboxylic acids is 1. The standard InChI is InChI=1S/C29H33N5O4.C2HF3O2/c1-5-7-12-26-30-24-17-23(32-28(35)33(3)4)22(6-2)31-27(24)34(26)18-19-13-15-20(16-14-19)21-10-8-9-11-25(21)38-29(36)37;3-2(4,5)1(6)7/h8-11,13-17H,5-7,12,18H2,1-4H3,(H,32,35)(H,36,37);(H,6,7). The third-order valence-corrected chi connectivity index (χ3v) is 6.55. The van der Waals surface area contributed by atoms with E-state index in [0.717, 1.165) is 53.1 Å². The molecule has 45 heavy (non-hydrogen) atoms. The van der Waals surface area contributed by atoms with E-state index in [-0.39, 0.29) is 6.03 Å². The van der Waals surface area contributed by atoms with E-state index >= 15 is 0 Å². The van der Waals surface area contributed by atoms with Gasteiger partial charge in [0.15, 0.2) is 5.65 Å². The van der Waals surface area contributed by atoms with Crippen LogP contribution in [0.25, 0.3) is 22.3 Å². The Bertz CT molecular complexity index is 1650. The van der Waals surface area contributed by atoms with Crippen molar-refractivity contribution in [3.63, 3.8) is 0 Å². The van der Waals surface area contributed by atoms with Crippen LogP contribution in [0.2, 0.25) is 0 Å². The smallest absolute Gasteiger partial charge is 0.475 e. The number of fused-ring (bicyclic) bond motifs is 1. The van der Waals surface area contributed by atoms with Gasteiger partial charge in [0, 0.05) is 26.1 Å². The molecule has 11 nitrogen and oxygen atoms in total. The Morgan fingerprint density at radius 1 is 1.00 bits per heavy atom. The van der Waals surface area contributed by atoms with Crippen molar-refractivity contribution in [3.05, 3.63) is 71.7 Å². The molecule has 0 aliphatic heterocycles. The second-order valence-electron chi connectivity index (χ2n) is 10.1. The maximum Gasteiger partial charge on any atom is 0.511 e. The van der Waals surface area contributed by atoms with Crippen molar-refractivity contribution < 1.29 is 42.5 Å². The fourth-order valence-corrected chi connectivity index (χ4v) is 4.29. The number of carboxylic acid groups (broad SMARTS) is 2. The van der Waals surface area contributed by atoms with Gasteiger partial charge in [-0.3, -0.25) is 0 Å². The average molecular weight is 630 g/mol. The van der Waals surface area contributed by atoms with Gasteiger partial charge in [-0.1, -0.05) is 62.7 Å². The van der Waals surface area contributed by atoms with Gasteiger partial charge in [-0.15, -0.1) is 0 Å². The van der Waals surface area contributed by atoms with Crippen LogP contribution in [0.5, 0.6) is 5.75 Å². The predicted molar refractivity (Wildman–Crippen MR) is 162 cm³/mol. The average Bonchev–Trinajstić information content (AvgIpc) is 3.31. The van der Waals surface area contributed by atoms with Crippen molar-refractivity contribution in [1.82, 2.24) is 19.4 Å². The molecule has 14 heteroatoms. The van der Waals surface area contributed by atoms with Crippen LogP contribution in [0.4, 0.5) is 28.4 Å². The first kappa shape index (κ1) is 34.4. The van der Waals surface area contributed by atoms with E-state index in [4.69, 9.17) is 29.7 Å². The van der Waals surface area contributed by atoms with Crippen LogP contribution in [-0.2, 0) is 24.2 Å². The molecule has 3 N–H and O–H groups in total. The van der Waals surface area contributed by atoms with Crippen molar-refractivity contribution in [1.29, 1.82) is 0 Å². The van der Waals surface area contributed by atoms with Crippen molar-refractivity contribution in [2.75, 3.05) is 19.4 Å². The zero-order valence-corrected chi connectivity index (χ0v) is 25.2. The predicted octanol–water partition coefficient (Wildman–Crippen LogP) is 6.84. The number of halogens is 3. The van der Waals surface area contributed by atoms with Gasteiger partial charge in [0.25, 0.3) is 0 Å². The number of carboxylic acids is 1. The van der Waals surface area contributed by atoms with Crippen LogP contribution in [0.3, 0.4) is 0 Å². The number of alkyl halides is 3. The molecule has 2 aromatic heterocycles. The number of nitrogens with one attached hydrogen (secondary N) is 1. The lowest BCUT2D eigenvalue weighted by atomic mass is 10.0. The third-order valence-electron chi connectivity index (χ3n) is 6.55. The van der Waals surface area contributed by atoms with E-state index in [1.54, 1.807) is 26.2 Å². The molecule has 2 heterocycles. The van der Waals surface area contributed by atoms with E-state index in [1.165, 1.54) is 4.90 Å². The van der Waals surface area contributed by atoms with E-state index in [1.807, 2.05) is 49.4 Å². The number of aliphatic carboxylic acids is 1. The normalized spacial score (nSPS) is 11.0. The Balaban J connectivity index is 0.000000707. The number of carbonyl (C=O) groups is 3. The number of aromatic nitrogens is 3. The van der Waals surface area contributed by atoms with Crippen LogP contribution in [0.15, 0.2) is 54.6 Å². The second kappa shape index (κ2) is 15.0. The number of anilines is 1. The lowest BCUT2D eigenvalue weighted by molar-refractivity contribution is -0.192. The number of ether oxygens (including phenoxy) is 1. The summed E-state index contributed by atoms with van der Waals surface area (Å²) in [4.78, 5) is 43.6. The fourth-order valence-electron chi connectivity index (χ4n) is 4.29. The Morgan fingerprint density at radius 2 is 1.64 bits per heavy atom. The number of unbranched alkanes of at least 4 members (excludes halogenated alkanes) is 1. The summed E-state index contributed by atoms with van der Waals surface area (Å²) in [6.45, 7) is 4.76. The highest BCUT2D eigenvalue weighted by Gasteiger charge is 2.38. The van der Waals surface area contributed by atoms with Gasteiger partial charge >= 0.3 is 24.3 Å². The highest BCUT2D eigenvalue weighted by atomic mass is 19.4. The lowest BCUT2D eigenvalue weighted by Gasteiger charge is -2.15. The first-order valence-corrected chi connectivity index (χ1v) is 14.0. The molecule has 0 fully saturated rings. The maximum atomic E-state index is 12.3. The summed E-state index contributed by atoms with van der Waals surface area (Å²) < 4.78 is 38.8. The summed E-state index contributed by atoms with van der Waals surface area (Å²) in [5, 5.41) is 19.1. The summed E-state index contributed by atoms with van der Waals surface area (Å²) >= 11 is 0. The summed E-state index contributed by atoms with van der Waals surface area (Å²) in [5.41, 5.74) is 5.66. The molecule has 0 atom stereocenters.